The number of hydrogen-bond donors (Lipinski definition) is 1. The first-order chi connectivity index (χ1) is 10.9. The zero-order valence-corrected chi connectivity index (χ0v) is 15.1. The van der Waals surface area contributed by atoms with Crippen LogP contribution in [0.1, 0.15) is 19.3 Å². The molecule has 0 aromatic rings. The highest BCUT2D eigenvalue weighted by molar-refractivity contribution is 7.91. The van der Waals surface area contributed by atoms with E-state index in [2.05, 4.69) is 19.9 Å². The van der Waals surface area contributed by atoms with E-state index >= 15 is 0 Å². The molecule has 23 heavy (non-hydrogen) atoms. The summed E-state index contributed by atoms with van der Waals surface area (Å²) in [5.41, 5.74) is 0. The third kappa shape index (κ3) is 5.58. The van der Waals surface area contributed by atoms with Crippen LogP contribution < -0.4 is 5.32 Å². The molecule has 9 heteroatoms. The average Bonchev–Trinajstić information content (AvgIpc) is 2.91. The maximum atomic E-state index is 11.6. The Bertz CT molecular complexity index is 530. The molecule has 2 heterocycles. The molecule has 1 N–H and O–H groups in total. The molecule has 7 nitrogen and oxygen atoms in total. The number of carbonyl (C=O) groups is 1. The zero-order valence-electron chi connectivity index (χ0n) is 13.5. The van der Waals surface area contributed by atoms with Crippen LogP contribution in [-0.2, 0) is 19.4 Å². The van der Waals surface area contributed by atoms with Crippen LogP contribution in [0.15, 0.2) is 0 Å². The molecule has 0 aliphatic carbocycles. The van der Waals surface area contributed by atoms with E-state index in [1.54, 1.807) is 0 Å². The van der Waals surface area contributed by atoms with E-state index in [1.165, 1.54) is 7.11 Å². The predicted molar refractivity (Wildman–Crippen MR) is 92.1 cm³/mol. The van der Waals surface area contributed by atoms with Gasteiger partial charge in [-0.3, -0.25) is 9.69 Å². The van der Waals surface area contributed by atoms with Gasteiger partial charge in [0, 0.05) is 45.2 Å². The number of ether oxygens (including phenoxy) is 1. The quantitative estimate of drug-likeness (QED) is 0.402. The number of piperazine rings is 1. The summed E-state index contributed by atoms with van der Waals surface area (Å²) in [5, 5.41) is 3.87. The fourth-order valence-corrected chi connectivity index (χ4v) is 5.04. The van der Waals surface area contributed by atoms with Crippen LogP contribution in [0.25, 0.3) is 0 Å². The lowest BCUT2D eigenvalue weighted by Crippen LogP contribution is -2.54. The molecule has 0 saturated carbocycles. The van der Waals surface area contributed by atoms with E-state index < -0.39 is 9.84 Å². The molecule has 2 rings (SSSR count). The minimum absolute atomic E-state index is 0.170. The second-order valence-electron chi connectivity index (χ2n) is 5.99. The Morgan fingerprint density at radius 1 is 1.30 bits per heavy atom. The van der Waals surface area contributed by atoms with Crippen molar-refractivity contribution < 1.29 is 17.9 Å². The fourth-order valence-electron chi connectivity index (χ4n) is 3.00. The van der Waals surface area contributed by atoms with Gasteiger partial charge in [-0.05, 0) is 25.1 Å². The van der Waals surface area contributed by atoms with E-state index in [-0.39, 0.29) is 12.0 Å². The van der Waals surface area contributed by atoms with Crippen LogP contribution in [0.5, 0.6) is 0 Å². The summed E-state index contributed by atoms with van der Waals surface area (Å²) >= 11 is 5.38. The van der Waals surface area contributed by atoms with Crippen LogP contribution >= 0.6 is 12.2 Å². The van der Waals surface area contributed by atoms with Crippen molar-refractivity contribution in [3.05, 3.63) is 0 Å². The molecule has 1 atom stereocenters. The number of sulfone groups is 1. The molecule has 0 spiro atoms. The summed E-state index contributed by atoms with van der Waals surface area (Å²) in [7, 11) is -1.45. The van der Waals surface area contributed by atoms with Crippen molar-refractivity contribution >= 4 is 33.1 Å². The van der Waals surface area contributed by atoms with Gasteiger partial charge in [0.25, 0.3) is 0 Å². The molecule has 0 aromatic carbocycles. The van der Waals surface area contributed by atoms with Crippen LogP contribution in [0, 0.1) is 0 Å². The largest absolute Gasteiger partial charge is 0.469 e. The number of carbonyl (C=O) groups excluding carboxylic acids is 1. The number of esters is 1. The Hall–Kier alpha value is -0.930. The molecule has 132 valence electrons. The van der Waals surface area contributed by atoms with E-state index in [0.29, 0.717) is 36.0 Å². The second kappa shape index (κ2) is 8.25. The Morgan fingerprint density at radius 3 is 2.57 bits per heavy atom. The van der Waals surface area contributed by atoms with E-state index in [4.69, 9.17) is 12.2 Å². The van der Waals surface area contributed by atoms with Crippen molar-refractivity contribution in [2.75, 3.05) is 51.3 Å². The first-order valence-electron chi connectivity index (χ1n) is 7.95. The Morgan fingerprint density at radius 2 is 2.00 bits per heavy atom. The highest BCUT2D eigenvalue weighted by atomic mass is 32.2. The SMILES string of the molecule is COC(=O)CCCNC(=S)N1CCN([C@H]2CCS(=O)(=O)C2)CC1. The number of hydrogen-bond acceptors (Lipinski definition) is 6. The van der Waals surface area contributed by atoms with Crippen molar-refractivity contribution in [3.8, 4) is 0 Å². The minimum atomic E-state index is -2.83. The third-order valence-electron chi connectivity index (χ3n) is 4.39. The van der Waals surface area contributed by atoms with E-state index in [1.807, 2.05) is 0 Å². The maximum Gasteiger partial charge on any atom is 0.305 e. The van der Waals surface area contributed by atoms with Crippen LogP contribution in [-0.4, -0.2) is 86.7 Å². The summed E-state index contributed by atoms with van der Waals surface area (Å²) in [6.07, 6.45) is 1.82. The van der Waals surface area contributed by atoms with Gasteiger partial charge in [0.15, 0.2) is 14.9 Å². The smallest absolute Gasteiger partial charge is 0.305 e. The summed E-state index contributed by atoms with van der Waals surface area (Å²) < 4.78 is 27.7. The maximum absolute atomic E-state index is 11.6. The van der Waals surface area contributed by atoms with Gasteiger partial charge < -0.3 is 15.0 Å². The van der Waals surface area contributed by atoms with Crippen LogP contribution in [0.2, 0.25) is 0 Å². The van der Waals surface area contributed by atoms with Gasteiger partial charge in [0.05, 0.1) is 18.6 Å². The number of nitrogens with zero attached hydrogens (tertiary/aromatic N) is 2. The van der Waals surface area contributed by atoms with Gasteiger partial charge in [-0.1, -0.05) is 0 Å². The molecular formula is C14H25N3O4S2. The van der Waals surface area contributed by atoms with E-state index in [0.717, 1.165) is 32.6 Å². The normalized spacial score (nSPS) is 24.4. The monoisotopic (exact) mass is 363 g/mol. The van der Waals surface area contributed by atoms with Gasteiger partial charge in [-0.15, -0.1) is 0 Å². The lowest BCUT2D eigenvalue weighted by Gasteiger charge is -2.38. The standard InChI is InChI=1S/C14H25N3O4S2/c1-21-13(18)3-2-5-15-14(22)17-8-6-16(7-9-17)12-4-10-23(19,20)11-12/h12H,2-11H2,1H3,(H,15,22)/t12-/m0/s1. The molecule has 0 aromatic heterocycles. The first-order valence-corrected chi connectivity index (χ1v) is 10.2. The molecule has 2 fully saturated rings. The Kier molecular flexibility index (Phi) is 6.60. The number of nitrogens with one attached hydrogen (secondary N) is 1. The van der Waals surface area contributed by atoms with Crippen LogP contribution in [0.3, 0.4) is 0 Å². The average molecular weight is 364 g/mol. The van der Waals surface area contributed by atoms with E-state index in [9.17, 15) is 13.2 Å². The lowest BCUT2D eigenvalue weighted by atomic mass is 10.2. The summed E-state index contributed by atoms with van der Waals surface area (Å²) in [6.45, 7) is 3.93. The summed E-state index contributed by atoms with van der Waals surface area (Å²) in [5.74, 6) is 0.402. The third-order valence-corrected chi connectivity index (χ3v) is 6.54. The van der Waals surface area contributed by atoms with Gasteiger partial charge in [-0.2, -0.15) is 0 Å². The second-order valence-corrected chi connectivity index (χ2v) is 8.61. The summed E-state index contributed by atoms with van der Waals surface area (Å²) in [6, 6.07) is 0.170. The minimum Gasteiger partial charge on any atom is -0.469 e. The molecular weight excluding hydrogens is 338 g/mol. The zero-order chi connectivity index (χ0) is 16.9. The number of rotatable bonds is 5. The Balaban J connectivity index is 1.66. The topological polar surface area (TPSA) is 79.0 Å². The van der Waals surface area contributed by atoms with Crippen LogP contribution in [0.4, 0.5) is 0 Å². The van der Waals surface area contributed by atoms with Crippen molar-refractivity contribution in [3.63, 3.8) is 0 Å². The van der Waals surface area contributed by atoms with Crippen molar-refractivity contribution in [2.24, 2.45) is 0 Å². The molecule has 2 saturated heterocycles. The lowest BCUT2D eigenvalue weighted by molar-refractivity contribution is -0.140. The number of methoxy groups -OCH3 is 1. The Labute approximate surface area is 143 Å². The molecule has 2 aliphatic rings. The highest BCUT2D eigenvalue weighted by Crippen LogP contribution is 2.19. The molecule has 0 unspecified atom stereocenters. The molecule has 0 amide bonds. The van der Waals surface area contributed by atoms with Crippen molar-refractivity contribution in [1.29, 1.82) is 0 Å². The van der Waals surface area contributed by atoms with Gasteiger partial charge >= 0.3 is 5.97 Å². The molecule has 0 bridgehead atoms. The van der Waals surface area contributed by atoms with Gasteiger partial charge in [-0.25, -0.2) is 8.42 Å². The fraction of sp³-hybridized carbons (Fsp3) is 0.857. The van der Waals surface area contributed by atoms with Gasteiger partial charge in [0.2, 0.25) is 0 Å². The van der Waals surface area contributed by atoms with Crippen molar-refractivity contribution in [2.45, 2.75) is 25.3 Å². The molecule has 2 aliphatic heterocycles. The number of thiocarbonyl (C=S) groups is 1. The highest BCUT2D eigenvalue weighted by Gasteiger charge is 2.33. The van der Waals surface area contributed by atoms with Crippen molar-refractivity contribution in [1.82, 2.24) is 15.1 Å². The first kappa shape index (κ1) is 18.4. The molecule has 0 radical (unpaired) electrons. The van der Waals surface area contributed by atoms with Gasteiger partial charge in [0.1, 0.15) is 0 Å². The predicted octanol–water partition coefficient (Wildman–Crippen LogP) is -0.381. The summed E-state index contributed by atoms with van der Waals surface area (Å²) in [4.78, 5) is 15.4.